The van der Waals surface area contributed by atoms with Gasteiger partial charge in [0, 0.05) is 6.07 Å². The van der Waals surface area contributed by atoms with Gasteiger partial charge in [0.2, 0.25) is 0 Å². The molecule has 2 heterocycles. The van der Waals surface area contributed by atoms with E-state index in [2.05, 4.69) is 20.5 Å². The number of nitrogens with two attached hydrogens (primary N) is 1. The van der Waals surface area contributed by atoms with E-state index in [4.69, 9.17) is 17.4 Å². The molecule has 0 bridgehead atoms. The van der Waals surface area contributed by atoms with Crippen LogP contribution in [0.1, 0.15) is 0 Å². The second-order valence-corrected chi connectivity index (χ2v) is 2.47. The molecule has 0 saturated carbocycles. The van der Waals surface area contributed by atoms with Gasteiger partial charge in [0.05, 0.1) is 0 Å². The Balaban J connectivity index is 2.75. The van der Waals surface area contributed by atoms with Crippen molar-refractivity contribution in [3.05, 3.63) is 17.5 Å². The maximum absolute atomic E-state index is 5.81. The first-order valence-electron chi connectivity index (χ1n) is 3.14. The van der Waals surface area contributed by atoms with Crippen molar-refractivity contribution in [1.82, 2.24) is 19.6 Å². The van der Waals surface area contributed by atoms with E-state index in [0.717, 1.165) is 0 Å². The predicted molar refractivity (Wildman–Crippen MR) is 43.6 cm³/mol. The average Bonchev–Trinajstić information content (AvgIpc) is 2.52. The highest BCUT2D eigenvalue weighted by Crippen LogP contribution is 2.12. The van der Waals surface area contributed by atoms with Crippen LogP contribution in [0.2, 0.25) is 5.15 Å². The van der Waals surface area contributed by atoms with Crippen molar-refractivity contribution < 1.29 is 0 Å². The molecule has 0 radical (unpaired) electrons. The molecule has 0 aromatic carbocycles. The van der Waals surface area contributed by atoms with E-state index >= 15 is 0 Å². The quantitative estimate of drug-likeness (QED) is 0.372. The van der Waals surface area contributed by atoms with Gasteiger partial charge in [0.1, 0.15) is 17.3 Å². The van der Waals surface area contributed by atoms with Crippen LogP contribution >= 0.6 is 11.6 Å². The summed E-state index contributed by atoms with van der Waals surface area (Å²) in [5.74, 6) is 6.02. The molecular formula is C5H5ClN6. The summed E-state index contributed by atoms with van der Waals surface area (Å²) in [5, 5.41) is 4.24. The summed E-state index contributed by atoms with van der Waals surface area (Å²) >= 11 is 5.81. The van der Waals surface area contributed by atoms with Crippen molar-refractivity contribution in [2.45, 2.75) is 0 Å². The van der Waals surface area contributed by atoms with Crippen molar-refractivity contribution in [3.8, 4) is 0 Å². The standard InChI is InChI=1S/C5H5ClN6/c6-3-1-4(11-7)10-5-8-2-9-12(3)5/h1-2H,7H2,(H,8,9,10,11). The number of nitrogen functional groups attached to an aromatic ring is 1. The molecule has 0 aliphatic rings. The van der Waals surface area contributed by atoms with Gasteiger partial charge < -0.3 is 5.43 Å². The third-order valence-electron chi connectivity index (χ3n) is 1.36. The molecule has 3 N–H and O–H groups in total. The minimum Gasteiger partial charge on any atom is -0.308 e. The van der Waals surface area contributed by atoms with Crippen LogP contribution in [0.3, 0.4) is 0 Å². The molecule has 6 nitrogen and oxygen atoms in total. The fourth-order valence-electron chi connectivity index (χ4n) is 0.850. The molecule has 0 atom stereocenters. The van der Waals surface area contributed by atoms with Gasteiger partial charge >= 0.3 is 0 Å². The van der Waals surface area contributed by atoms with Crippen LogP contribution in [0, 0.1) is 0 Å². The second-order valence-electron chi connectivity index (χ2n) is 2.08. The fourth-order valence-corrected chi connectivity index (χ4v) is 1.07. The smallest absolute Gasteiger partial charge is 0.255 e. The topological polar surface area (TPSA) is 81.1 Å². The third kappa shape index (κ3) is 0.973. The molecular weight excluding hydrogens is 180 g/mol. The molecule has 0 amide bonds. The first-order valence-corrected chi connectivity index (χ1v) is 3.52. The maximum atomic E-state index is 5.81. The van der Waals surface area contributed by atoms with Gasteiger partial charge in [-0.3, -0.25) is 0 Å². The van der Waals surface area contributed by atoms with Crippen molar-refractivity contribution >= 4 is 23.2 Å². The Hall–Kier alpha value is -1.40. The number of rotatable bonds is 1. The summed E-state index contributed by atoms with van der Waals surface area (Å²) in [6, 6.07) is 1.56. The van der Waals surface area contributed by atoms with Crippen molar-refractivity contribution in [1.29, 1.82) is 0 Å². The summed E-state index contributed by atoms with van der Waals surface area (Å²) in [5.41, 5.74) is 2.37. The maximum Gasteiger partial charge on any atom is 0.255 e. The van der Waals surface area contributed by atoms with Crippen LogP contribution < -0.4 is 11.3 Å². The van der Waals surface area contributed by atoms with E-state index in [-0.39, 0.29) is 0 Å². The second kappa shape index (κ2) is 2.58. The minimum absolute atomic E-state index is 0.408. The molecule has 2 aromatic heterocycles. The predicted octanol–water partition coefficient (Wildman–Crippen LogP) is 0.0633. The van der Waals surface area contributed by atoms with E-state index in [9.17, 15) is 0 Å². The third-order valence-corrected chi connectivity index (χ3v) is 1.63. The average molecular weight is 185 g/mol. The van der Waals surface area contributed by atoms with Gasteiger partial charge in [-0.15, -0.1) is 0 Å². The largest absolute Gasteiger partial charge is 0.308 e. The molecule has 0 aliphatic heterocycles. The number of hydrogen-bond acceptors (Lipinski definition) is 5. The van der Waals surface area contributed by atoms with E-state index in [1.807, 2.05) is 0 Å². The fraction of sp³-hybridized carbons (Fsp3) is 0. The molecule has 2 rings (SSSR count). The number of nitrogens with one attached hydrogen (secondary N) is 1. The number of hydrazine groups is 1. The highest BCUT2D eigenvalue weighted by atomic mass is 35.5. The number of fused-ring (bicyclic) bond motifs is 1. The highest BCUT2D eigenvalue weighted by Gasteiger charge is 2.03. The van der Waals surface area contributed by atoms with Crippen LogP contribution in [0.5, 0.6) is 0 Å². The molecule has 12 heavy (non-hydrogen) atoms. The zero-order valence-electron chi connectivity index (χ0n) is 5.90. The van der Waals surface area contributed by atoms with E-state index in [1.165, 1.54) is 10.8 Å². The van der Waals surface area contributed by atoms with Crippen molar-refractivity contribution in [3.63, 3.8) is 0 Å². The molecule has 7 heteroatoms. The Morgan fingerprint density at radius 2 is 2.42 bits per heavy atom. The van der Waals surface area contributed by atoms with E-state index in [1.54, 1.807) is 6.07 Å². The van der Waals surface area contributed by atoms with Crippen LogP contribution in [0.25, 0.3) is 5.78 Å². The summed E-state index contributed by atoms with van der Waals surface area (Å²) in [6.07, 6.45) is 1.37. The van der Waals surface area contributed by atoms with Crippen LogP contribution in [0.15, 0.2) is 12.4 Å². The van der Waals surface area contributed by atoms with Crippen LogP contribution in [-0.2, 0) is 0 Å². The Labute approximate surface area is 72.3 Å². The van der Waals surface area contributed by atoms with Crippen LogP contribution in [0.4, 0.5) is 5.82 Å². The number of aromatic nitrogens is 4. The van der Waals surface area contributed by atoms with E-state index in [0.29, 0.717) is 16.7 Å². The van der Waals surface area contributed by atoms with Crippen LogP contribution in [-0.4, -0.2) is 19.6 Å². The lowest BCUT2D eigenvalue weighted by atomic mass is 10.6. The molecule has 0 saturated heterocycles. The van der Waals surface area contributed by atoms with Gasteiger partial charge in [-0.1, -0.05) is 11.6 Å². The summed E-state index contributed by atoms with van der Waals surface area (Å²) in [4.78, 5) is 7.83. The lowest BCUT2D eigenvalue weighted by Gasteiger charge is -1.99. The number of halogens is 1. The van der Waals surface area contributed by atoms with Gasteiger partial charge in [-0.05, 0) is 0 Å². The lowest BCUT2D eigenvalue weighted by molar-refractivity contribution is 0.939. The van der Waals surface area contributed by atoms with Gasteiger partial charge in [0.15, 0.2) is 0 Å². The lowest BCUT2D eigenvalue weighted by Crippen LogP contribution is -2.09. The van der Waals surface area contributed by atoms with Crippen molar-refractivity contribution in [2.24, 2.45) is 5.84 Å². The molecule has 0 aliphatic carbocycles. The molecule has 2 aromatic rings. The Morgan fingerprint density at radius 1 is 1.58 bits per heavy atom. The zero-order valence-corrected chi connectivity index (χ0v) is 6.65. The molecule has 0 unspecified atom stereocenters. The SMILES string of the molecule is NNc1cc(Cl)n2ncnc2n1. The first kappa shape index (κ1) is 7.26. The Kier molecular flexibility index (Phi) is 1.56. The van der Waals surface area contributed by atoms with E-state index < -0.39 is 0 Å². The van der Waals surface area contributed by atoms with Gasteiger partial charge in [-0.2, -0.15) is 19.6 Å². The normalized spacial score (nSPS) is 10.5. The van der Waals surface area contributed by atoms with Gasteiger partial charge in [-0.25, -0.2) is 5.84 Å². The van der Waals surface area contributed by atoms with Gasteiger partial charge in [0.25, 0.3) is 5.78 Å². The highest BCUT2D eigenvalue weighted by molar-refractivity contribution is 6.29. The number of nitrogens with zero attached hydrogens (tertiary/aromatic N) is 4. The zero-order chi connectivity index (χ0) is 8.55. The first-order chi connectivity index (χ1) is 5.81. The number of anilines is 1. The Bertz CT molecular complexity index is 409. The minimum atomic E-state index is 0.408. The molecule has 62 valence electrons. The molecule has 0 spiro atoms. The van der Waals surface area contributed by atoms with Crippen molar-refractivity contribution in [2.75, 3.05) is 5.43 Å². The summed E-state index contributed by atoms with van der Waals surface area (Å²) in [6.45, 7) is 0. The number of hydrogen-bond donors (Lipinski definition) is 2. The molecule has 0 fully saturated rings. The summed E-state index contributed by atoms with van der Waals surface area (Å²) in [7, 11) is 0. The monoisotopic (exact) mass is 184 g/mol. The summed E-state index contributed by atoms with van der Waals surface area (Å²) < 4.78 is 1.41. The Morgan fingerprint density at radius 3 is 3.17 bits per heavy atom.